The van der Waals surface area contributed by atoms with E-state index >= 15 is 0 Å². The van der Waals surface area contributed by atoms with Gasteiger partial charge in [-0.3, -0.25) is 19.2 Å². The van der Waals surface area contributed by atoms with E-state index in [4.69, 9.17) is 11.6 Å². The predicted octanol–water partition coefficient (Wildman–Crippen LogP) is 4.73. The highest BCUT2D eigenvalue weighted by Gasteiger charge is 2.42. The maximum Gasteiger partial charge on any atom is 0.251 e. The molecule has 1 unspecified atom stereocenters. The summed E-state index contributed by atoms with van der Waals surface area (Å²) in [5, 5.41) is 5.82. The van der Waals surface area contributed by atoms with Gasteiger partial charge < -0.3 is 15.5 Å². The number of fused-ring (bicyclic) bond motifs is 1. The van der Waals surface area contributed by atoms with Crippen molar-refractivity contribution in [3.8, 4) is 0 Å². The molecule has 0 saturated heterocycles. The molecule has 3 aromatic rings. The molecule has 1 saturated carbocycles. The monoisotopic (exact) mass is 575 g/mol. The fourth-order valence-corrected chi connectivity index (χ4v) is 6.79. The van der Waals surface area contributed by atoms with Crippen molar-refractivity contribution in [2.75, 3.05) is 18.0 Å². The Morgan fingerprint density at radius 2 is 1.70 bits per heavy atom. The van der Waals surface area contributed by atoms with Gasteiger partial charge >= 0.3 is 0 Å². The maximum atomic E-state index is 14.2. The minimum Gasteiger partial charge on any atom is -0.354 e. The third kappa shape index (κ3) is 6.40. The number of carbonyl (C=O) groups is 4. The van der Waals surface area contributed by atoms with Crippen molar-refractivity contribution in [3.63, 3.8) is 0 Å². The van der Waals surface area contributed by atoms with Crippen LogP contribution in [0.5, 0.6) is 0 Å². The number of nitrogens with one attached hydrogen (secondary N) is 2. The lowest BCUT2D eigenvalue weighted by Gasteiger charge is -2.29. The van der Waals surface area contributed by atoms with E-state index in [0.29, 0.717) is 42.9 Å². The van der Waals surface area contributed by atoms with Gasteiger partial charge in [0, 0.05) is 22.9 Å². The molecule has 3 aromatic carbocycles. The number of anilines is 1. The van der Waals surface area contributed by atoms with Crippen LogP contribution in [0.4, 0.5) is 5.69 Å². The summed E-state index contributed by atoms with van der Waals surface area (Å²) in [6, 6.07) is 23.4. The van der Waals surface area contributed by atoms with E-state index in [-0.39, 0.29) is 18.2 Å². The van der Waals surface area contributed by atoms with E-state index in [9.17, 15) is 19.2 Å². The lowest BCUT2D eigenvalue weighted by Crippen LogP contribution is -2.53. The van der Waals surface area contributed by atoms with Crippen molar-refractivity contribution in [2.45, 2.75) is 41.9 Å². The molecule has 5 rings (SSSR count). The van der Waals surface area contributed by atoms with Crippen LogP contribution in [-0.2, 0) is 25.6 Å². The van der Waals surface area contributed by atoms with Crippen LogP contribution in [0.25, 0.3) is 0 Å². The Kier molecular flexibility index (Phi) is 8.87. The van der Waals surface area contributed by atoms with E-state index in [1.165, 1.54) is 16.7 Å². The van der Waals surface area contributed by atoms with E-state index in [1.807, 2.05) is 60.7 Å². The maximum absolute atomic E-state index is 14.2. The summed E-state index contributed by atoms with van der Waals surface area (Å²) in [6.45, 7) is 0.197. The van der Waals surface area contributed by atoms with Crippen LogP contribution in [0.15, 0.2) is 83.8 Å². The molecule has 0 spiro atoms. The smallest absolute Gasteiger partial charge is 0.251 e. The van der Waals surface area contributed by atoms with Crippen LogP contribution >= 0.6 is 23.4 Å². The van der Waals surface area contributed by atoms with Gasteiger partial charge in [-0.2, -0.15) is 0 Å². The zero-order chi connectivity index (χ0) is 28.1. The van der Waals surface area contributed by atoms with E-state index in [0.717, 1.165) is 16.0 Å². The van der Waals surface area contributed by atoms with Crippen LogP contribution in [0.3, 0.4) is 0 Å². The van der Waals surface area contributed by atoms with Crippen molar-refractivity contribution in [1.82, 2.24) is 10.6 Å². The normalized spacial score (nSPS) is 20.5. The molecule has 7 nitrogen and oxygen atoms in total. The Balaban J connectivity index is 1.43. The molecule has 1 aliphatic carbocycles. The lowest BCUT2D eigenvalue weighted by molar-refractivity contribution is -0.135. The van der Waals surface area contributed by atoms with Gasteiger partial charge in [0.15, 0.2) is 0 Å². The van der Waals surface area contributed by atoms with Crippen molar-refractivity contribution >= 4 is 52.6 Å². The number of thioether (sulfide) groups is 1. The van der Waals surface area contributed by atoms with E-state index < -0.39 is 29.0 Å². The highest BCUT2D eigenvalue weighted by atomic mass is 35.5. The molecule has 2 N–H and O–H groups in total. The van der Waals surface area contributed by atoms with Crippen molar-refractivity contribution < 1.29 is 19.2 Å². The third-order valence-corrected chi connectivity index (χ3v) is 8.84. The van der Waals surface area contributed by atoms with Gasteiger partial charge in [0.2, 0.25) is 11.8 Å². The Morgan fingerprint density at radius 1 is 0.975 bits per heavy atom. The number of amides is 3. The Morgan fingerprint density at radius 3 is 2.40 bits per heavy atom. The molecular weight excluding hydrogens is 546 g/mol. The standard InChI is InChI=1S/C31H30ClN3O4S/c32-22-14-15-24-26(18-22)40-29(21-10-5-2-6-11-21)28(34-30(38)23-12-7-13-25(23)36)31(39)35(24)19-27(37)33-17-16-20-8-3-1-4-9-20/h1-6,8-11,14-15,18,23,28-29H,7,12-13,16-17,19H2,(H,33,37)(H,34,38)/t23?,28-,29+/m1/s1. The van der Waals surface area contributed by atoms with Crippen LogP contribution in [0.2, 0.25) is 5.02 Å². The lowest BCUT2D eigenvalue weighted by atomic mass is 10.0. The molecule has 3 amide bonds. The van der Waals surface area contributed by atoms with E-state index in [1.54, 1.807) is 18.2 Å². The first kappa shape index (κ1) is 27.9. The fraction of sp³-hybridized carbons (Fsp3) is 0.290. The minimum absolute atomic E-state index is 0.104. The number of Topliss-reactive ketones (excluding diaryl/α,β-unsaturated/α-hetero) is 1. The number of nitrogens with zero attached hydrogens (tertiary/aromatic N) is 1. The van der Waals surface area contributed by atoms with Gasteiger partial charge in [0.1, 0.15) is 18.4 Å². The molecule has 9 heteroatoms. The first-order valence-electron chi connectivity index (χ1n) is 13.4. The van der Waals surface area contributed by atoms with Gasteiger partial charge in [-0.15, -0.1) is 11.8 Å². The SMILES string of the molecule is O=C(CN1C(=O)[C@H](NC(=O)C2CCCC2=O)[C@H](c2ccccc2)Sc2cc(Cl)ccc21)NCCc1ccccc1. The zero-order valence-electron chi connectivity index (χ0n) is 21.8. The van der Waals surface area contributed by atoms with Crippen LogP contribution < -0.4 is 15.5 Å². The number of carbonyl (C=O) groups excluding carboxylic acids is 4. The molecule has 3 atom stereocenters. The van der Waals surface area contributed by atoms with Crippen molar-refractivity contribution in [1.29, 1.82) is 0 Å². The van der Waals surface area contributed by atoms with Gasteiger partial charge in [0.05, 0.1) is 16.9 Å². The number of benzene rings is 3. The summed E-state index contributed by atoms with van der Waals surface area (Å²) in [7, 11) is 0. The molecule has 2 aliphatic rings. The van der Waals surface area contributed by atoms with Gasteiger partial charge in [0.25, 0.3) is 5.91 Å². The van der Waals surface area contributed by atoms with E-state index in [2.05, 4.69) is 10.6 Å². The third-order valence-electron chi connectivity index (χ3n) is 7.23. The minimum atomic E-state index is -1.00. The topological polar surface area (TPSA) is 95.6 Å². The summed E-state index contributed by atoms with van der Waals surface area (Å²) in [4.78, 5) is 55.1. The molecule has 40 heavy (non-hydrogen) atoms. The number of halogens is 1. The van der Waals surface area contributed by atoms with Crippen LogP contribution in [-0.4, -0.2) is 42.6 Å². The quantitative estimate of drug-likeness (QED) is 0.379. The Labute approximate surface area is 242 Å². The average molecular weight is 576 g/mol. The summed E-state index contributed by atoms with van der Waals surface area (Å²) in [5.74, 6) is -2.04. The number of rotatable bonds is 8. The second-order valence-corrected chi connectivity index (χ2v) is 11.6. The molecule has 1 fully saturated rings. The summed E-state index contributed by atoms with van der Waals surface area (Å²) in [6.07, 6.45) is 2.16. The highest BCUT2D eigenvalue weighted by Crippen LogP contribution is 2.46. The van der Waals surface area contributed by atoms with Gasteiger partial charge in [-0.25, -0.2) is 0 Å². The van der Waals surface area contributed by atoms with Gasteiger partial charge in [-0.1, -0.05) is 72.3 Å². The van der Waals surface area contributed by atoms with Crippen molar-refractivity contribution in [3.05, 3.63) is 95.0 Å². The second kappa shape index (κ2) is 12.7. The molecule has 1 heterocycles. The highest BCUT2D eigenvalue weighted by molar-refractivity contribution is 7.99. The molecular formula is C31H30ClN3O4S. The largest absolute Gasteiger partial charge is 0.354 e. The molecule has 1 aliphatic heterocycles. The predicted molar refractivity (Wildman–Crippen MR) is 156 cm³/mol. The molecule has 0 radical (unpaired) electrons. The van der Waals surface area contributed by atoms with Crippen LogP contribution in [0.1, 0.15) is 35.6 Å². The molecule has 206 valence electrons. The number of ketones is 1. The first-order chi connectivity index (χ1) is 19.4. The molecule has 0 aromatic heterocycles. The Hall–Kier alpha value is -3.62. The fourth-order valence-electron chi connectivity index (χ4n) is 5.17. The average Bonchev–Trinajstić information content (AvgIpc) is 3.36. The van der Waals surface area contributed by atoms with Crippen LogP contribution in [0, 0.1) is 5.92 Å². The Bertz CT molecular complexity index is 1400. The number of hydrogen-bond donors (Lipinski definition) is 2. The number of hydrogen-bond acceptors (Lipinski definition) is 5. The summed E-state index contributed by atoms with van der Waals surface area (Å²) in [5.41, 5.74) is 2.48. The molecule has 0 bridgehead atoms. The van der Waals surface area contributed by atoms with Crippen molar-refractivity contribution in [2.24, 2.45) is 5.92 Å². The summed E-state index contributed by atoms with van der Waals surface area (Å²) < 4.78 is 0. The summed E-state index contributed by atoms with van der Waals surface area (Å²) >= 11 is 7.77. The first-order valence-corrected chi connectivity index (χ1v) is 14.6. The zero-order valence-corrected chi connectivity index (χ0v) is 23.4. The second-order valence-electron chi connectivity index (χ2n) is 9.97. The van der Waals surface area contributed by atoms with Gasteiger partial charge in [-0.05, 0) is 48.6 Å².